The highest BCUT2D eigenvalue weighted by Crippen LogP contribution is 2.25. The van der Waals surface area contributed by atoms with Gasteiger partial charge in [0.2, 0.25) is 5.91 Å². The minimum Gasteiger partial charge on any atom is -0.443 e. The summed E-state index contributed by atoms with van der Waals surface area (Å²) < 4.78 is 5.26. The monoisotopic (exact) mass is 303 g/mol. The van der Waals surface area contributed by atoms with Gasteiger partial charge in [-0.05, 0) is 27.2 Å². The molecule has 118 valence electrons. The third-order valence-corrected chi connectivity index (χ3v) is 3.43. The average molecular weight is 303 g/mol. The summed E-state index contributed by atoms with van der Waals surface area (Å²) in [5.41, 5.74) is -0.0838. The summed E-state index contributed by atoms with van der Waals surface area (Å²) in [6.07, 6.45) is 0.235. The number of benzene rings is 1. The third-order valence-electron chi connectivity index (χ3n) is 3.43. The van der Waals surface area contributed by atoms with Crippen molar-refractivity contribution in [2.24, 2.45) is 0 Å². The second-order valence-electron chi connectivity index (χ2n) is 6.43. The van der Waals surface area contributed by atoms with E-state index in [0.29, 0.717) is 12.0 Å². The van der Waals surface area contributed by atoms with E-state index in [-0.39, 0.29) is 24.5 Å². The van der Waals surface area contributed by atoms with E-state index < -0.39 is 17.7 Å². The van der Waals surface area contributed by atoms with Gasteiger partial charge in [-0.2, -0.15) is 0 Å². The number of hydrogen-bond donors (Lipinski definition) is 0. The van der Waals surface area contributed by atoms with Crippen molar-refractivity contribution >= 4 is 17.8 Å². The molecule has 2 rings (SSSR count). The highest BCUT2D eigenvalue weighted by molar-refractivity contribution is 5.99. The summed E-state index contributed by atoms with van der Waals surface area (Å²) in [5.74, 6) is -0.353. The molecule has 1 heterocycles. The number of likely N-dealkylation sites (tertiary alicyclic amines) is 1. The van der Waals surface area contributed by atoms with Crippen LogP contribution < -0.4 is 0 Å². The number of nitrogens with zero attached hydrogens (tertiary/aromatic N) is 1. The van der Waals surface area contributed by atoms with Crippen molar-refractivity contribution in [1.29, 1.82) is 0 Å². The molecule has 5 heteroatoms. The molecule has 1 aliphatic rings. The smallest absolute Gasteiger partial charge is 0.417 e. The fraction of sp³-hybridized carbons (Fsp3) is 0.471. The van der Waals surface area contributed by atoms with Crippen LogP contribution in [0.15, 0.2) is 30.3 Å². The van der Waals surface area contributed by atoms with Gasteiger partial charge in [-0.3, -0.25) is 9.59 Å². The van der Waals surface area contributed by atoms with Crippen LogP contribution in [0.25, 0.3) is 0 Å². The number of imide groups is 1. The van der Waals surface area contributed by atoms with Gasteiger partial charge in [0.15, 0.2) is 5.78 Å². The summed E-state index contributed by atoms with van der Waals surface area (Å²) in [6, 6.07) is 8.46. The molecule has 22 heavy (non-hydrogen) atoms. The van der Waals surface area contributed by atoms with Crippen molar-refractivity contribution in [3.05, 3.63) is 35.9 Å². The standard InChI is InChI=1S/C17H21NO4/c1-17(2,3)22-16(21)18-13(9-10-15(18)20)11-14(19)12-7-5-4-6-8-12/h4-8,13H,9-11H2,1-3H3/t13-/m0/s1. The van der Waals surface area contributed by atoms with Crippen LogP contribution >= 0.6 is 0 Å². The first kappa shape index (κ1) is 16.2. The van der Waals surface area contributed by atoms with E-state index in [4.69, 9.17) is 4.74 Å². The molecule has 1 saturated heterocycles. The Bertz CT molecular complexity index is 574. The van der Waals surface area contributed by atoms with Crippen LogP contribution in [-0.2, 0) is 9.53 Å². The van der Waals surface area contributed by atoms with Gasteiger partial charge in [-0.25, -0.2) is 9.69 Å². The fourth-order valence-corrected chi connectivity index (χ4v) is 2.45. The Labute approximate surface area is 130 Å². The van der Waals surface area contributed by atoms with Crippen LogP contribution in [0, 0.1) is 0 Å². The minimum atomic E-state index is -0.673. The molecule has 0 saturated carbocycles. The van der Waals surface area contributed by atoms with Gasteiger partial charge in [0, 0.05) is 18.4 Å². The number of rotatable bonds is 3. The molecule has 0 aliphatic carbocycles. The van der Waals surface area contributed by atoms with E-state index in [1.165, 1.54) is 0 Å². The Hall–Kier alpha value is -2.17. The molecule has 1 fully saturated rings. The van der Waals surface area contributed by atoms with Crippen LogP contribution in [0.1, 0.15) is 50.4 Å². The Morgan fingerprint density at radius 3 is 2.45 bits per heavy atom. The van der Waals surface area contributed by atoms with Crippen LogP contribution in [0.4, 0.5) is 4.79 Å². The highest BCUT2D eigenvalue weighted by Gasteiger charge is 2.39. The lowest BCUT2D eigenvalue weighted by molar-refractivity contribution is -0.128. The van der Waals surface area contributed by atoms with Gasteiger partial charge in [0.1, 0.15) is 5.60 Å². The van der Waals surface area contributed by atoms with Gasteiger partial charge in [-0.15, -0.1) is 0 Å². The predicted octanol–water partition coefficient (Wildman–Crippen LogP) is 3.19. The van der Waals surface area contributed by atoms with Crippen molar-refractivity contribution in [2.45, 2.75) is 51.7 Å². The molecule has 1 aromatic rings. The first-order chi connectivity index (χ1) is 10.3. The maximum atomic E-state index is 12.3. The van der Waals surface area contributed by atoms with Crippen molar-refractivity contribution < 1.29 is 19.1 Å². The Balaban J connectivity index is 2.08. The minimum absolute atomic E-state index is 0.0751. The SMILES string of the molecule is CC(C)(C)OC(=O)N1C(=O)CC[C@H]1CC(=O)c1ccccc1. The van der Waals surface area contributed by atoms with Crippen molar-refractivity contribution in [3.8, 4) is 0 Å². The summed E-state index contributed by atoms with van der Waals surface area (Å²) in [7, 11) is 0. The predicted molar refractivity (Wildman–Crippen MR) is 81.5 cm³/mol. The molecule has 0 N–H and O–H groups in total. The number of amides is 2. The maximum Gasteiger partial charge on any atom is 0.417 e. The summed E-state index contributed by atoms with van der Waals surface area (Å²) in [6.45, 7) is 5.24. The lowest BCUT2D eigenvalue weighted by atomic mass is 10.0. The lowest BCUT2D eigenvalue weighted by Gasteiger charge is -2.27. The van der Waals surface area contributed by atoms with Crippen LogP contribution in [0.3, 0.4) is 0 Å². The average Bonchev–Trinajstić information content (AvgIpc) is 2.79. The summed E-state index contributed by atoms with van der Waals surface area (Å²) in [4.78, 5) is 37.5. The van der Waals surface area contributed by atoms with Gasteiger partial charge in [0.05, 0.1) is 6.04 Å². The summed E-state index contributed by atoms with van der Waals surface area (Å²) >= 11 is 0. The Kier molecular flexibility index (Phi) is 4.64. The quantitative estimate of drug-likeness (QED) is 0.804. The second-order valence-corrected chi connectivity index (χ2v) is 6.43. The van der Waals surface area contributed by atoms with E-state index in [1.54, 1.807) is 45.0 Å². The highest BCUT2D eigenvalue weighted by atomic mass is 16.6. The Morgan fingerprint density at radius 2 is 1.86 bits per heavy atom. The number of hydrogen-bond acceptors (Lipinski definition) is 4. The molecule has 0 radical (unpaired) electrons. The van der Waals surface area contributed by atoms with E-state index >= 15 is 0 Å². The number of Topliss-reactive ketones (excluding diaryl/α,β-unsaturated/α-hetero) is 1. The van der Waals surface area contributed by atoms with Crippen LogP contribution in [-0.4, -0.2) is 34.3 Å². The molecule has 0 bridgehead atoms. The van der Waals surface area contributed by atoms with Crippen LogP contribution in [0.5, 0.6) is 0 Å². The van der Waals surface area contributed by atoms with Gasteiger partial charge in [0.25, 0.3) is 0 Å². The largest absolute Gasteiger partial charge is 0.443 e. The number of ether oxygens (including phenoxy) is 1. The first-order valence-corrected chi connectivity index (χ1v) is 7.41. The molecular weight excluding hydrogens is 282 g/mol. The van der Waals surface area contributed by atoms with Crippen molar-refractivity contribution in [2.75, 3.05) is 0 Å². The van der Waals surface area contributed by atoms with Gasteiger partial charge < -0.3 is 4.74 Å². The second kappa shape index (κ2) is 6.30. The fourth-order valence-electron chi connectivity index (χ4n) is 2.45. The molecule has 1 atom stereocenters. The molecule has 1 aliphatic heterocycles. The topological polar surface area (TPSA) is 63.7 Å². The zero-order valence-corrected chi connectivity index (χ0v) is 13.2. The van der Waals surface area contributed by atoms with Gasteiger partial charge >= 0.3 is 6.09 Å². The van der Waals surface area contributed by atoms with E-state index in [1.807, 2.05) is 6.07 Å². The molecular formula is C17H21NO4. The summed E-state index contributed by atoms with van der Waals surface area (Å²) in [5, 5.41) is 0. The van der Waals surface area contributed by atoms with Gasteiger partial charge in [-0.1, -0.05) is 30.3 Å². The number of carbonyl (C=O) groups excluding carboxylic acids is 3. The van der Waals surface area contributed by atoms with E-state index in [2.05, 4.69) is 0 Å². The zero-order chi connectivity index (χ0) is 16.3. The van der Waals surface area contributed by atoms with E-state index in [9.17, 15) is 14.4 Å². The molecule has 5 nitrogen and oxygen atoms in total. The lowest BCUT2D eigenvalue weighted by Crippen LogP contribution is -2.43. The maximum absolute atomic E-state index is 12.3. The number of ketones is 1. The van der Waals surface area contributed by atoms with E-state index in [0.717, 1.165) is 4.90 Å². The van der Waals surface area contributed by atoms with Crippen molar-refractivity contribution in [1.82, 2.24) is 4.90 Å². The zero-order valence-electron chi connectivity index (χ0n) is 13.2. The molecule has 0 aromatic heterocycles. The molecule has 0 spiro atoms. The molecule has 2 amide bonds. The first-order valence-electron chi connectivity index (χ1n) is 7.41. The Morgan fingerprint density at radius 1 is 1.23 bits per heavy atom. The number of carbonyl (C=O) groups is 3. The molecule has 0 unspecified atom stereocenters. The normalized spacial score (nSPS) is 18.4. The third kappa shape index (κ3) is 3.93. The van der Waals surface area contributed by atoms with Crippen LogP contribution in [0.2, 0.25) is 0 Å². The van der Waals surface area contributed by atoms with Crippen molar-refractivity contribution in [3.63, 3.8) is 0 Å². The molecule has 1 aromatic carbocycles.